The lowest BCUT2D eigenvalue weighted by Gasteiger charge is -2.15. The molecule has 1 atom stereocenters. The van der Waals surface area contributed by atoms with Crippen LogP contribution in [0.25, 0.3) is 0 Å². The van der Waals surface area contributed by atoms with Crippen molar-refractivity contribution in [2.45, 2.75) is 19.0 Å². The van der Waals surface area contributed by atoms with Crippen LogP contribution in [-0.2, 0) is 16.1 Å². The smallest absolute Gasteiger partial charge is 0.405 e. The molecule has 0 aliphatic carbocycles. The first kappa shape index (κ1) is 19.5. The second kappa shape index (κ2) is 8.71. The monoisotopic (exact) mass is 328 g/mol. The molecule has 21 heavy (non-hydrogen) atoms. The molecule has 1 rings (SSSR count). The fourth-order valence-electron chi connectivity index (χ4n) is 1.48. The summed E-state index contributed by atoms with van der Waals surface area (Å²) in [5, 5.41) is 2.44. The Bertz CT molecular complexity index is 454. The molecule has 3 N–H and O–H groups in total. The average molecular weight is 329 g/mol. The van der Waals surface area contributed by atoms with E-state index in [9.17, 15) is 18.0 Å². The second-order valence-electron chi connectivity index (χ2n) is 3.83. The summed E-state index contributed by atoms with van der Waals surface area (Å²) in [5.74, 6) is -0.862. The number of para-hydroxylation sites is 1. The van der Waals surface area contributed by atoms with Crippen molar-refractivity contribution in [3.05, 3.63) is 29.8 Å². The summed E-state index contributed by atoms with van der Waals surface area (Å²) in [6.45, 7) is -0.145. The van der Waals surface area contributed by atoms with Gasteiger partial charge in [-0.1, -0.05) is 18.2 Å². The van der Waals surface area contributed by atoms with E-state index in [1.807, 2.05) is 0 Å². The summed E-state index contributed by atoms with van der Waals surface area (Å²) in [7, 11) is 1.32. The van der Waals surface area contributed by atoms with Crippen LogP contribution >= 0.6 is 12.4 Å². The maximum Gasteiger partial charge on any atom is 0.573 e. The van der Waals surface area contributed by atoms with Crippen LogP contribution in [0.1, 0.15) is 5.56 Å². The van der Waals surface area contributed by atoms with Gasteiger partial charge in [0.15, 0.2) is 0 Å². The quantitative estimate of drug-likeness (QED) is 0.832. The Balaban J connectivity index is 0.00000400. The van der Waals surface area contributed by atoms with Gasteiger partial charge in [-0.3, -0.25) is 4.79 Å². The molecule has 0 saturated carbocycles. The van der Waals surface area contributed by atoms with Gasteiger partial charge in [0.25, 0.3) is 5.91 Å². The Morgan fingerprint density at radius 2 is 2.00 bits per heavy atom. The summed E-state index contributed by atoms with van der Waals surface area (Å²) in [6, 6.07) is 5.54. The normalized spacial score (nSPS) is 12.2. The summed E-state index contributed by atoms with van der Waals surface area (Å²) >= 11 is 0. The number of alkyl halides is 3. The highest BCUT2D eigenvalue weighted by Crippen LogP contribution is 2.26. The SMILES string of the molecule is COC(CN)C(=O)NCc1ccccc1OC(F)(F)F.Cl. The summed E-state index contributed by atoms with van der Waals surface area (Å²) < 4.78 is 45.3. The number of nitrogens with two attached hydrogens (primary N) is 1. The van der Waals surface area contributed by atoms with E-state index in [4.69, 9.17) is 10.5 Å². The molecule has 1 amide bonds. The third kappa shape index (κ3) is 6.65. The predicted octanol–water partition coefficient (Wildman–Crippen LogP) is 1.60. The fraction of sp³-hybridized carbons (Fsp3) is 0.417. The van der Waals surface area contributed by atoms with E-state index in [-0.39, 0.29) is 36.8 Å². The van der Waals surface area contributed by atoms with Gasteiger partial charge in [0.1, 0.15) is 11.9 Å². The molecule has 0 bridgehead atoms. The highest BCUT2D eigenvalue weighted by molar-refractivity contribution is 5.85. The van der Waals surface area contributed by atoms with Crippen molar-refractivity contribution in [1.29, 1.82) is 0 Å². The third-order valence-electron chi connectivity index (χ3n) is 2.44. The molecule has 0 aliphatic heterocycles. The van der Waals surface area contributed by atoms with Gasteiger partial charge in [-0.25, -0.2) is 0 Å². The third-order valence-corrected chi connectivity index (χ3v) is 2.44. The Morgan fingerprint density at radius 1 is 1.38 bits per heavy atom. The molecule has 1 aromatic rings. The van der Waals surface area contributed by atoms with Crippen molar-refractivity contribution < 1.29 is 27.4 Å². The van der Waals surface area contributed by atoms with Crippen LogP contribution in [0, 0.1) is 0 Å². The Morgan fingerprint density at radius 3 is 2.52 bits per heavy atom. The number of hydrogen-bond donors (Lipinski definition) is 2. The summed E-state index contributed by atoms with van der Waals surface area (Å²) in [6.07, 6.45) is -5.63. The minimum atomic E-state index is -4.79. The number of methoxy groups -OCH3 is 1. The molecule has 1 aromatic carbocycles. The lowest BCUT2D eigenvalue weighted by molar-refractivity contribution is -0.274. The van der Waals surface area contributed by atoms with E-state index in [1.54, 1.807) is 6.07 Å². The van der Waals surface area contributed by atoms with Crippen LogP contribution in [-0.4, -0.2) is 32.0 Å². The zero-order chi connectivity index (χ0) is 15.2. The molecular formula is C12H16ClF3N2O3. The van der Waals surface area contributed by atoms with Crippen molar-refractivity contribution in [3.63, 3.8) is 0 Å². The van der Waals surface area contributed by atoms with Crippen molar-refractivity contribution in [2.75, 3.05) is 13.7 Å². The number of ether oxygens (including phenoxy) is 2. The Labute approximate surface area is 126 Å². The zero-order valence-corrected chi connectivity index (χ0v) is 12.0. The number of hydrogen-bond acceptors (Lipinski definition) is 4. The van der Waals surface area contributed by atoms with Gasteiger partial charge in [0.2, 0.25) is 0 Å². The average Bonchev–Trinajstić information content (AvgIpc) is 2.37. The Kier molecular flexibility index (Phi) is 8.08. The zero-order valence-electron chi connectivity index (χ0n) is 11.1. The second-order valence-corrected chi connectivity index (χ2v) is 3.83. The number of carbonyl (C=O) groups is 1. The lowest BCUT2D eigenvalue weighted by atomic mass is 10.2. The van der Waals surface area contributed by atoms with Gasteiger partial charge in [-0.2, -0.15) is 0 Å². The molecule has 0 fully saturated rings. The van der Waals surface area contributed by atoms with Gasteiger partial charge in [0.05, 0.1) is 0 Å². The molecule has 120 valence electrons. The van der Waals surface area contributed by atoms with Crippen LogP contribution in [0.2, 0.25) is 0 Å². The molecular weight excluding hydrogens is 313 g/mol. The van der Waals surface area contributed by atoms with E-state index >= 15 is 0 Å². The number of rotatable bonds is 6. The minimum Gasteiger partial charge on any atom is -0.405 e. The van der Waals surface area contributed by atoms with Crippen LogP contribution in [0.15, 0.2) is 24.3 Å². The van der Waals surface area contributed by atoms with E-state index in [1.165, 1.54) is 25.3 Å². The molecule has 5 nitrogen and oxygen atoms in total. The molecule has 0 aromatic heterocycles. The van der Waals surface area contributed by atoms with Crippen LogP contribution in [0.5, 0.6) is 5.75 Å². The lowest BCUT2D eigenvalue weighted by Crippen LogP contribution is -2.40. The van der Waals surface area contributed by atoms with E-state index in [0.29, 0.717) is 0 Å². The minimum absolute atomic E-state index is 0. The number of benzene rings is 1. The van der Waals surface area contributed by atoms with Crippen molar-refractivity contribution in [2.24, 2.45) is 5.73 Å². The fourth-order valence-corrected chi connectivity index (χ4v) is 1.48. The molecule has 0 aliphatic rings. The predicted molar refractivity (Wildman–Crippen MR) is 72.1 cm³/mol. The molecule has 0 spiro atoms. The maximum atomic E-state index is 12.2. The topological polar surface area (TPSA) is 73.6 Å². The van der Waals surface area contributed by atoms with Gasteiger partial charge in [-0.15, -0.1) is 25.6 Å². The molecule has 0 radical (unpaired) electrons. The van der Waals surface area contributed by atoms with Gasteiger partial charge < -0.3 is 20.5 Å². The standard InChI is InChI=1S/C12H15F3N2O3.ClH/c1-19-10(6-16)11(18)17-7-8-4-2-3-5-9(8)20-12(13,14)15;/h2-5,10H,6-7,16H2,1H3,(H,17,18);1H. The number of amides is 1. The van der Waals surface area contributed by atoms with Crippen molar-refractivity contribution >= 4 is 18.3 Å². The first-order chi connectivity index (χ1) is 9.37. The molecule has 9 heteroatoms. The van der Waals surface area contributed by atoms with Crippen LogP contribution in [0.4, 0.5) is 13.2 Å². The maximum absolute atomic E-state index is 12.2. The van der Waals surface area contributed by atoms with Gasteiger partial charge >= 0.3 is 6.36 Å². The molecule has 0 saturated heterocycles. The number of halogens is 4. The highest BCUT2D eigenvalue weighted by atomic mass is 35.5. The van der Waals surface area contributed by atoms with E-state index < -0.39 is 18.4 Å². The summed E-state index contributed by atoms with van der Waals surface area (Å²) in [4.78, 5) is 11.6. The number of carbonyl (C=O) groups excluding carboxylic acids is 1. The molecule has 1 unspecified atom stereocenters. The van der Waals surface area contributed by atoms with Gasteiger partial charge in [0, 0.05) is 25.8 Å². The van der Waals surface area contributed by atoms with Gasteiger partial charge in [-0.05, 0) is 6.07 Å². The Hall–Kier alpha value is -1.51. The van der Waals surface area contributed by atoms with Crippen molar-refractivity contribution in [1.82, 2.24) is 5.32 Å². The van der Waals surface area contributed by atoms with Crippen LogP contribution < -0.4 is 15.8 Å². The highest BCUT2D eigenvalue weighted by Gasteiger charge is 2.32. The summed E-state index contributed by atoms with van der Waals surface area (Å²) in [5.41, 5.74) is 5.51. The van der Waals surface area contributed by atoms with E-state index in [2.05, 4.69) is 10.1 Å². The first-order valence-corrected chi connectivity index (χ1v) is 5.71. The van der Waals surface area contributed by atoms with E-state index in [0.717, 1.165) is 0 Å². The largest absolute Gasteiger partial charge is 0.573 e. The first-order valence-electron chi connectivity index (χ1n) is 5.71. The number of nitrogens with one attached hydrogen (secondary N) is 1. The van der Waals surface area contributed by atoms with Crippen LogP contribution in [0.3, 0.4) is 0 Å². The van der Waals surface area contributed by atoms with Crippen molar-refractivity contribution in [3.8, 4) is 5.75 Å². The molecule has 0 heterocycles.